The van der Waals surface area contributed by atoms with Crippen LogP contribution >= 0.6 is 24.0 Å². The lowest BCUT2D eigenvalue weighted by atomic mass is 9.83. The van der Waals surface area contributed by atoms with Gasteiger partial charge in [-0.3, -0.25) is 9.79 Å². The minimum absolute atomic E-state index is 0. The molecule has 27 heavy (non-hydrogen) atoms. The first-order valence-corrected chi connectivity index (χ1v) is 9.91. The Morgan fingerprint density at radius 3 is 2.70 bits per heavy atom. The number of nitrogens with one attached hydrogen (secondary N) is 1. The zero-order valence-corrected chi connectivity index (χ0v) is 18.8. The van der Waals surface area contributed by atoms with Crippen LogP contribution in [-0.2, 0) is 16.0 Å². The smallest absolute Gasteiger partial charge is 0.308 e. The van der Waals surface area contributed by atoms with E-state index in [1.165, 1.54) is 37.5 Å². The maximum Gasteiger partial charge on any atom is 0.308 e. The Morgan fingerprint density at radius 2 is 2.00 bits per heavy atom. The Kier molecular flexibility index (Phi) is 8.86. The Bertz CT molecular complexity index is 642. The zero-order valence-electron chi connectivity index (χ0n) is 16.4. The number of carbonyl (C=O) groups is 1. The third-order valence-electron chi connectivity index (χ3n) is 5.62. The number of piperidine rings is 1. The van der Waals surface area contributed by atoms with E-state index in [2.05, 4.69) is 41.4 Å². The average molecular weight is 485 g/mol. The molecule has 0 spiro atoms. The number of rotatable bonds is 4. The second-order valence-electron chi connectivity index (χ2n) is 7.27. The fourth-order valence-corrected chi connectivity index (χ4v) is 4.16. The van der Waals surface area contributed by atoms with E-state index in [0.717, 1.165) is 45.0 Å². The summed E-state index contributed by atoms with van der Waals surface area (Å²) in [5.74, 6) is 1.45. The molecule has 6 heteroatoms. The van der Waals surface area contributed by atoms with Gasteiger partial charge >= 0.3 is 5.97 Å². The summed E-state index contributed by atoms with van der Waals surface area (Å²) in [6.45, 7) is 5.50. The highest BCUT2D eigenvalue weighted by molar-refractivity contribution is 14.0. The Morgan fingerprint density at radius 1 is 1.26 bits per heavy atom. The number of guanidine groups is 1. The lowest BCUT2D eigenvalue weighted by Gasteiger charge is -2.33. The second-order valence-corrected chi connectivity index (χ2v) is 7.27. The van der Waals surface area contributed by atoms with Crippen LogP contribution in [0.1, 0.15) is 49.7 Å². The predicted molar refractivity (Wildman–Crippen MR) is 120 cm³/mol. The SMILES string of the molecule is CCNC(=NCC1CCCc2ccccc21)N1CCC(C(=O)OC)CC1.I. The normalized spacial score (nSPS) is 20.4. The van der Waals surface area contributed by atoms with Crippen molar-refractivity contribution < 1.29 is 9.53 Å². The van der Waals surface area contributed by atoms with Gasteiger partial charge in [-0.1, -0.05) is 24.3 Å². The molecule has 5 nitrogen and oxygen atoms in total. The maximum absolute atomic E-state index is 11.7. The fraction of sp³-hybridized carbons (Fsp3) is 0.619. The topological polar surface area (TPSA) is 53.9 Å². The molecule has 0 radical (unpaired) electrons. The number of ether oxygens (including phenoxy) is 1. The quantitative estimate of drug-likeness (QED) is 0.307. The van der Waals surface area contributed by atoms with Crippen LogP contribution in [0.25, 0.3) is 0 Å². The lowest BCUT2D eigenvalue weighted by Crippen LogP contribution is -2.46. The number of methoxy groups -OCH3 is 1. The van der Waals surface area contributed by atoms with E-state index < -0.39 is 0 Å². The minimum Gasteiger partial charge on any atom is -0.469 e. The number of likely N-dealkylation sites (tertiary alicyclic amines) is 1. The van der Waals surface area contributed by atoms with Crippen LogP contribution in [0.5, 0.6) is 0 Å². The van der Waals surface area contributed by atoms with Crippen LogP contribution in [-0.4, -0.2) is 50.1 Å². The van der Waals surface area contributed by atoms with E-state index in [-0.39, 0.29) is 35.9 Å². The standard InChI is InChI=1S/C21H31N3O2.HI/c1-3-22-21(24-13-11-17(12-14-24)20(25)26-2)23-15-18-9-6-8-16-7-4-5-10-19(16)18;/h4-5,7,10,17-18H,3,6,8-9,11-15H2,1-2H3,(H,22,23);1H. The summed E-state index contributed by atoms with van der Waals surface area (Å²) in [5, 5.41) is 3.43. The molecule has 0 aromatic heterocycles. The van der Waals surface area contributed by atoms with E-state index in [4.69, 9.17) is 9.73 Å². The number of hydrogen-bond donors (Lipinski definition) is 1. The van der Waals surface area contributed by atoms with E-state index in [1.807, 2.05) is 0 Å². The summed E-state index contributed by atoms with van der Waals surface area (Å²) < 4.78 is 4.89. The van der Waals surface area contributed by atoms with Crippen molar-refractivity contribution in [2.24, 2.45) is 10.9 Å². The van der Waals surface area contributed by atoms with Gasteiger partial charge in [-0.15, -0.1) is 24.0 Å². The molecule has 0 bridgehead atoms. The Hall–Kier alpha value is -1.31. The monoisotopic (exact) mass is 485 g/mol. The van der Waals surface area contributed by atoms with Crippen LogP contribution in [0.3, 0.4) is 0 Å². The third-order valence-corrected chi connectivity index (χ3v) is 5.62. The van der Waals surface area contributed by atoms with Gasteiger partial charge in [0.2, 0.25) is 0 Å². The van der Waals surface area contributed by atoms with Gasteiger partial charge in [0, 0.05) is 32.1 Å². The predicted octanol–water partition coefficient (Wildman–Crippen LogP) is 3.58. The molecule has 1 saturated heterocycles. The van der Waals surface area contributed by atoms with Crippen LogP contribution in [0.4, 0.5) is 0 Å². The Labute approximate surface area is 180 Å². The van der Waals surface area contributed by atoms with Crippen molar-refractivity contribution in [1.29, 1.82) is 0 Å². The molecule has 1 unspecified atom stereocenters. The third kappa shape index (κ3) is 5.59. The van der Waals surface area contributed by atoms with Crippen molar-refractivity contribution >= 4 is 35.9 Å². The number of halogens is 1. The van der Waals surface area contributed by atoms with Gasteiger partial charge in [0.15, 0.2) is 5.96 Å². The number of aliphatic imine (C=N–C) groups is 1. The number of benzene rings is 1. The van der Waals surface area contributed by atoms with E-state index in [9.17, 15) is 4.79 Å². The van der Waals surface area contributed by atoms with E-state index >= 15 is 0 Å². The van der Waals surface area contributed by atoms with Crippen LogP contribution in [0, 0.1) is 5.92 Å². The highest BCUT2D eigenvalue weighted by atomic mass is 127. The lowest BCUT2D eigenvalue weighted by molar-refractivity contribution is -0.146. The summed E-state index contributed by atoms with van der Waals surface area (Å²) in [6, 6.07) is 8.81. The van der Waals surface area contributed by atoms with Crippen molar-refractivity contribution in [1.82, 2.24) is 10.2 Å². The number of nitrogens with zero attached hydrogens (tertiary/aromatic N) is 2. The number of fused-ring (bicyclic) bond motifs is 1. The van der Waals surface area contributed by atoms with Gasteiger partial charge in [0.25, 0.3) is 0 Å². The summed E-state index contributed by atoms with van der Waals surface area (Å²) >= 11 is 0. The molecule has 1 fully saturated rings. The maximum atomic E-state index is 11.7. The highest BCUT2D eigenvalue weighted by Gasteiger charge is 2.27. The number of aryl methyl sites for hydroxylation is 1. The van der Waals surface area contributed by atoms with Crippen LogP contribution < -0.4 is 5.32 Å². The molecule has 1 heterocycles. The number of esters is 1. The number of hydrogen-bond acceptors (Lipinski definition) is 3. The van der Waals surface area contributed by atoms with Crippen molar-refractivity contribution in [2.45, 2.75) is 44.9 Å². The first-order chi connectivity index (χ1) is 12.7. The molecule has 150 valence electrons. The zero-order chi connectivity index (χ0) is 18.4. The largest absolute Gasteiger partial charge is 0.469 e. The second kappa shape index (κ2) is 10.9. The molecule has 1 aromatic carbocycles. The van der Waals surface area contributed by atoms with Crippen LogP contribution in [0.2, 0.25) is 0 Å². The molecule has 0 saturated carbocycles. The molecular weight excluding hydrogens is 453 g/mol. The Balaban J connectivity index is 0.00000261. The van der Waals surface area contributed by atoms with Gasteiger partial charge in [-0.05, 0) is 50.2 Å². The van der Waals surface area contributed by atoms with Gasteiger partial charge in [-0.25, -0.2) is 0 Å². The van der Waals surface area contributed by atoms with Crippen molar-refractivity contribution in [3.05, 3.63) is 35.4 Å². The molecule has 1 aliphatic carbocycles. The van der Waals surface area contributed by atoms with Crippen molar-refractivity contribution in [3.8, 4) is 0 Å². The summed E-state index contributed by atoms with van der Waals surface area (Å²) in [5.41, 5.74) is 2.96. The van der Waals surface area contributed by atoms with Gasteiger partial charge in [0.05, 0.1) is 13.0 Å². The summed E-state index contributed by atoms with van der Waals surface area (Å²) in [4.78, 5) is 19.0. The van der Waals surface area contributed by atoms with Gasteiger partial charge in [-0.2, -0.15) is 0 Å². The molecule has 2 aliphatic rings. The van der Waals surface area contributed by atoms with Gasteiger partial charge < -0.3 is 15.0 Å². The van der Waals surface area contributed by atoms with Crippen molar-refractivity contribution in [2.75, 3.05) is 33.3 Å². The molecule has 3 rings (SSSR count). The minimum atomic E-state index is -0.0783. The number of carbonyl (C=O) groups excluding carboxylic acids is 1. The van der Waals surface area contributed by atoms with Gasteiger partial charge in [0.1, 0.15) is 0 Å². The molecular formula is C21H32IN3O2. The molecule has 1 aromatic rings. The first-order valence-electron chi connectivity index (χ1n) is 9.91. The molecule has 1 aliphatic heterocycles. The van der Waals surface area contributed by atoms with Crippen molar-refractivity contribution in [3.63, 3.8) is 0 Å². The fourth-order valence-electron chi connectivity index (χ4n) is 4.16. The summed E-state index contributed by atoms with van der Waals surface area (Å²) in [6.07, 6.45) is 5.33. The molecule has 0 amide bonds. The van der Waals surface area contributed by atoms with Crippen LogP contribution in [0.15, 0.2) is 29.3 Å². The molecule has 1 N–H and O–H groups in total. The molecule has 1 atom stereocenters. The van der Waals surface area contributed by atoms with E-state index in [1.54, 1.807) is 0 Å². The summed E-state index contributed by atoms with van der Waals surface area (Å²) in [7, 11) is 1.47. The first kappa shape index (κ1) is 22.0. The highest BCUT2D eigenvalue weighted by Crippen LogP contribution is 2.31. The van der Waals surface area contributed by atoms with E-state index in [0.29, 0.717) is 5.92 Å². The average Bonchev–Trinajstić information content (AvgIpc) is 2.70.